The third-order valence-electron chi connectivity index (χ3n) is 13.8. The number of nitrogen functional groups attached to an aromatic ring is 1. The number of nitrogens with zero attached hydrogens (tertiary/aromatic N) is 8. The predicted octanol–water partition coefficient (Wildman–Crippen LogP) is 6.53. The highest BCUT2D eigenvalue weighted by Gasteiger charge is 2.56. The first-order chi connectivity index (χ1) is 41.7. The average molecular weight is 1240 g/mol. The molecule has 0 saturated carbocycles. The number of ketones is 1. The molecule has 7 heterocycles. The van der Waals surface area contributed by atoms with E-state index in [1.54, 1.807) is 107 Å². The van der Waals surface area contributed by atoms with Gasteiger partial charge >= 0.3 is 17.9 Å². The monoisotopic (exact) mass is 1240 g/mol. The van der Waals surface area contributed by atoms with Crippen LogP contribution in [-0.2, 0) is 74.1 Å². The molecule has 3 aromatic carbocycles. The van der Waals surface area contributed by atoms with E-state index in [1.807, 2.05) is 82.5 Å². The molecule has 2 amide bonds. The normalized spacial score (nSPS) is 18.3. The van der Waals surface area contributed by atoms with Gasteiger partial charge in [-0.2, -0.15) is 9.36 Å². The minimum atomic E-state index is -1.57. The first-order valence-electron chi connectivity index (χ1n) is 27.5. The maximum Gasteiger partial charge on any atom is 0.355 e. The first kappa shape index (κ1) is 62.6. The zero-order valence-corrected chi connectivity index (χ0v) is 51.2. The molecule has 87 heavy (non-hydrogen) atoms. The molecule has 4 aliphatic rings. The van der Waals surface area contributed by atoms with Gasteiger partial charge in [-0.1, -0.05) is 53.7 Å². The number of phenolic OH excluding ortho intramolecular Hbond substituents is 1. The third kappa shape index (κ3) is 15.2. The number of fused-ring (bicyclic) bond motifs is 2. The number of β-lactam (4-membered cyclic amide) rings is 2. The van der Waals surface area contributed by atoms with E-state index < -0.39 is 58.1 Å². The molecule has 3 aromatic heterocycles. The fraction of sp³-hybridized carbons (Fsp3) is 0.323. The zero-order valence-electron chi connectivity index (χ0n) is 48.8. The van der Waals surface area contributed by atoms with Crippen molar-refractivity contribution in [2.45, 2.75) is 95.3 Å². The summed E-state index contributed by atoms with van der Waals surface area (Å²) in [7, 11) is 3.16. The van der Waals surface area contributed by atoms with E-state index in [0.717, 1.165) is 28.2 Å². The fourth-order valence-electron chi connectivity index (χ4n) is 9.30. The van der Waals surface area contributed by atoms with Gasteiger partial charge in [0.1, 0.15) is 52.8 Å². The number of carbonyl (C=O) groups is 6. The Bertz CT molecular complexity index is 3650. The predicted molar refractivity (Wildman–Crippen MR) is 324 cm³/mol. The Hall–Kier alpha value is -8.94. The Balaban J connectivity index is 0.000000217. The van der Waals surface area contributed by atoms with Crippen molar-refractivity contribution in [2.24, 2.45) is 16.1 Å². The van der Waals surface area contributed by atoms with Crippen LogP contribution in [-0.4, -0.2) is 125 Å². The summed E-state index contributed by atoms with van der Waals surface area (Å²) in [5.74, 6) is -1.57. The number of nitrogens with two attached hydrogens (primary N) is 1. The Morgan fingerprint density at radius 3 is 1.72 bits per heavy atom. The topological polar surface area (TPSA) is 269 Å². The van der Waals surface area contributed by atoms with Crippen LogP contribution in [0.5, 0.6) is 17.2 Å². The van der Waals surface area contributed by atoms with Crippen molar-refractivity contribution in [1.29, 1.82) is 0 Å². The number of benzene rings is 3. The largest absolute Gasteiger partial charge is 0.507 e. The molecule has 22 nitrogen and oxygen atoms in total. The Morgan fingerprint density at radius 1 is 0.713 bits per heavy atom. The highest BCUT2D eigenvalue weighted by atomic mass is 32.2. The fourth-order valence-corrected chi connectivity index (χ4v) is 12.5. The minimum Gasteiger partial charge on any atom is -0.507 e. The average Bonchev–Trinajstić information content (AvgIpc) is 1.08. The summed E-state index contributed by atoms with van der Waals surface area (Å²) in [5.41, 5.74) is 7.22. The van der Waals surface area contributed by atoms with Gasteiger partial charge in [-0.3, -0.25) is 29.2 Å². The molecule has 2 saturated heterocycles. The summed E-state index contributed by atoms with van der Waals surface area (Å²) < 4.78 is 35.2. The lowest BCUT2D eigenvalue weighted by molar-refractivity contribution is -0.689. The van der Waals surface area contributed by atoms with Crippen LogP contribution >= 0.6 is 35.1 Å². The van der Waals surface area contributed by atoms with Crippen molar-refractivity contribution in [2.75, 3.05) is 31.5 Å². The highest BCUT2D eigenvalue weighted by Crippen LogP contribution is 2.46. The van der Waals surface area contributed by atoms with Gasteiger partial charge in [-0.15, -0.1) is 23.5 Å². The van der Waals surface area contributed by atoms with Crippen molar-refractivity contribution in [3.8, 4) is 17.2 Å². The van der Waals surface area contributed by atoms with Crippen molar-refractivity contribution >= 4 is 87.6 Å². The van der Waals surface area contributed by atoms with E-state index in [2.05, 4.69) is 19.5 Å². The molecule has 0 spiro atoms. The van der Waals surface area contributed by atoms with E-state index in [0.29, 0.717) is 47.2 Å². The molecule has 452 valence electrons. The third-order valence-corrected chi connectivity index (χ3v) is 17.1. The number of oxime groups is 1. The lowest BCUT2D eigenvalue weighted by atomic mass is 9.89. The number of ether oxygens (including phenoxy) is 5. The minimum absolute atomic E-state index is 0.0108. The Kier molecular flexibility index (Phi) is 19.9. The summed E-state index contributed by atoms with van der Waals surface area (Å²) in [6.45, 7) is 8.94. The summed E-state index contributed by atoms with van der Waals surface area (Å²) in [5, 5.41) is 13.3. The van der Waals surface area contributed by atoms with Crippen molar-refractivity contribution in [3.05, 3.63) is 179 Å². The Morgan fingerprint density at radius 2 is 1.23 bits per heavy atom. The standard InChI is InChI=1S/C34H39N6O8S2.C28H25N3O5S/c1-33(2,3)47-31(44)34(4,5)48-37-25(27-36-32(35)50-38-27)24(41)16-23-28(42)40-26(30(43)46-18-20-10-12-22(45-6)13-11-20)21(19-49-29(23)40)17-39-14-8-7-9-15-39;1-35-22-11-9-19(10-12-22)17-36-28(34)25-21(16-30-13-5-2-6-14-30)18-37-27-24(26(33)31(25)27)29-15-20-7-3-4-8-23(20)32/h7-15,23,29H,16-19H2,1-6H3,(H2,35,36,38);2-15,24,27H,16-18H2,1H3/q+1;/p+1/b37-25+;/t23-,29-;24-,27?/m11/s1. The molecule has 1 unspecified atom stereocenters. The number of hydrogen-bond donors (Lipinski definition) is 2. The van der Waals surface area contributed by atoms with Gasteiger partial charge < -0.3 is 39.4 Å². The number of esters is 3. The number of thioether (sulfide) groups is 2. The van der Waals surface area contributed by atoms with Crippen LogP contribution in [0.25, 0.3) is 0 Å². The quantitative estimate of drug-likeness (QED) is 0.0193. The van der Waals surface area contributed by atoms with Crippen LogP contribution in [0.15, 0.2) is 167 Å². The lowest BCUT2D eigenvalue weighted by Gasteiger charge is -2.49. The summed E-state index contributed by atoms with van der Waals surface area (Å²) in [4.78, 5) is 97.7. The summed E-state index contributed by atoms with van der Waals surface area (Å²) in [6.07, 6.45) is 8.81. The highest BCUT2D eigenvalue weighted by molar-refractivity contribution is 8.00. The summed E-state index contributed by atoms with van der Waals surface area (Å²) in [6, 6.07) is 32.0. The van der Waals surface area contributed by atoms with Crippen molar-refractivity contribution in [3.63, 3.8) is 0 Å². The van der Waals surface area contributed by atoms with Gasteiger partial charge in [0.15, 0.2) is 60.5 Å². The van der Waals surface area contributed by atoms with Crippen LogP contribution < -0.4 is 24.3 Å². The van der Waals surface area contributed by atoms with Crippen molar-refractivity contribution in [1.82, 2.24) is 19.2 Å². The van der Waals surface area contributed by atoms with Crippen LogP contribution in [0.4, 0.5) is 5.13 Å². The van der Waals surface area contributed by atoms with E-state index in [-0.39, 0.29) is 64.7 Å². The second kappa shape index (κ2) is 27.6. The number of amides is 2. The zero-order chi connectivity index (χ0) is 62.0. The van der Waals surface area contributed by atoms with Crippen molar-refractivity contribution < 1.29 is 71.5 Å². The van der Waals surface area contributed by atoms with E-state index >= 15 is 0 Å². The molecule has 4 atom stereocenters. The molecular weight excluding hydrogens is 1170 g/mol. The maximum absolute atomic E-state index is 13.8. The number of phenols is 1. The molecular formula is C62H65N9O13S3+2. The Labute approximate surface area is 514 Å². The van der Waals surface area contributed by atoms with Crippen LogP contribution in [0.2, 0.25) is 0 Å². The molecule has 0 aliphatic carbocycles. The van der Waals surface area contributed by atoms with E-state index in [1.165, 1.54) is 41.6 Å². The number of rotatable bonds is 21. The van der Waals surface area contributed by atoms with Gasteiger partial charge in [0.25, 0.3) is 5.91 Å². The van der Waals surface area contributed by atoms with Crippen LogP contribution in [0, 0.1) is 5.92 Å². The molecule has 6 aromatic rings. The molecule has 25 heteroatoms. The number of carbonyl (C=O) groups excluding carboxylic acids is 6. The molecule has 3 N–H and O–H groups in total. The van der Waals surface area contributed by atoms with Gasteiger partial charge in [0.2, 0.25) is 17.3 Å². The molecule has 4 aliphatic heterocycles. The second-order valence-electron chi connectivity index (χ2n) is 21.7. The number of pyridine rings is 2. The smallest absolute Gasteiger partial charge is 0.355 e. The van der Waals surface area contributed by atoms with Crippen LogP contribution in [0.3, 0.4) is 0 Å². The molecule has 0 radical (unpaired) electrons. The maximum atomic E-state index is 13.8. The number of aromatic nitrogens is 4. The van der Waals surface area contributed by atoms with E-state index in [9.17, 15) is 33.9 Å². The van der Waals surface area contributed by atoms with Gasteiger partial charge in [0.05, 0.1) is 25.5 Å². The van der Waals surface area contributed by atoms with E-state index in [4.69, 9.17) is 34.3 Å². The SMILES string of the molecule is COc1ccc(COC(=O)C2=C(C[n+]3ccccc3)CSC3[C@H](N=Cc4ccccc4O)C(=O)N23)cc1.COc1ccc(COC(=O)C2=C(C[n+]3ccccc3)CS[C@@H]3[C@H](CC(=O)/C(=N\OC(C)(C)C(=O)OC(C)(C)C)c4nsc(N)n4)C(=O)N23)cc1. The number of aromatic hydroxyl groups is 1. The van der Waals surface area contributed by atoms with Gasteiger partial charge in [0, 0.05) is 76.6 Å². The lowest BCUT2D eigenvalue weighted by Crippen LogP contribution is -2.64. The van der Waals surface area contributed by atoms with Gasteiger partial charge in [-0.05, 0) is 82.1 Å². The number of methoxy groups -OCH3 is 2. The number of Topliss-reactive ketones (excluding diaryl/α,β-unsaturated/α-hetero) is 1. The summed E-state index contributed by atoms with van der Waals surface area (Å²) >= 11 is 3.87. The van der Waals surface area contributed by atoms with Crippen LogP contribution in [0.1, 0.15) is 63.6 Å². The number of para-hydroxylation sites is 1. The first-order valence-corrected chi connectivity index (χ1v) is 30.3. The van der Waals surface area contributed by atoms with Gasteiger partial charge in [-0.25, -0.2) is 23.5 Å². The number of hydrogen-bond acceptors (Lipinski definition) is 21. The molecule has 2 fully saturated rings. The molecule has 10 rings (SSSR count). The molecule has 0 bridgehead atoms. The second-order valence-corrected chi connectivity index (χ2v) is 24.7. The number of aliphatic imine (C=N–C) groups is 1. The number of anilines is 1.